The third-order valence-electron chi connectivity index (χ3n) is 1.76. The van der Waals surface area contributed by atoms with Gasteiger partial charge in [-0.1, -0.05) is 22.9 Å². The number of hydrogen-bond donors (Lipinski definition) is 1. The Balaban J connectivity index is 2.80. The molecule has 1 heterocycles. The number of thiol groups is 1. The number of thiophene rings is 1. The highest BCUT2D eigenvalue weighted by Crippen LogP contribution is 2.41. The minimum Gasteiger partial charge on any atom is -0.257 e. The molecule has 0 bridgehead atoms. The summed E-state index contributed by atoms with van der Waals surface area (Å²) < 4.78 is 0.805. The van der Waals surface area contributed by atoms with Gasteiger partial charge in [-0.15, -0.1) is 12.6 Å². The standard InChI is InChI=1S/C8H4ClNO2S2/c9-7-5-3-4(13)1-2-6(5)14-8(7)10(11)12/h1-3,13H. The van der Waals surface area contributed by atoms with Gasteiger partial charge in [-0.05, 0) is 18.2 Å². The van der Waals surface area contributed by atoms with Crippen LogP contribution >= 0.6 is 35.6 Å². The molecule has 0 fully saturated rings. The van der Waals surface area contributed by atoms with E-state index in [9.17, 15) is 10.1 Å². The van der Waals surface area contributed by atoms with Crippen LogP contribution < -0.4 is 0 Å². The number of benzene rings is 1. The minimum atomic E-state index is -0.467. The summed E-state index contributed by atoms with van der Waals surface area (Å²) in [4.78, 5) is 10.9. The van der Waals surface area contributed by atoms with E-state index in [-0.39, 0.29) is 10.0 Å². The number of halogens is 1. The van der Waals surface area contributed by atoms with Crippen molar-refractivity contribution < 1.29 is 4.92 Å². The second kappa shape index (κ2) is 3.42. The van der Waals surface area contributed by atoms with Crippen LogP contribution in [0, 0.1) is 10.1 Å². The first kappa shape index (κ1) is 9.76. The van der Waals surface area contributed by atoms with E-state index in [1.165, 1.54) is 0 Å². The van der Waals surface area contributed by atoms with Crippen molar-refractivity contribution in [3.63, 3.8) is 0 Å². The molecule has 14 heavy (non-hydrogen) atoms. The largest absolute Gasteiger partial charge is 0.343 e. The zero-order valence-corrected chi connectivity index (χ0v) is 9.20. The Morgan fingerprint density at radius 2 is 2.21 bits per heavy atom. The number of nitro groups is 1. The van der Waals surface area contributed by atoms with Gasteiger partial charge in [0.1, 0.15) is 5.02 Å². The Kier molecular flexibility index (Phi) is 2.38. The van der Waals surface area contributed by atoms with Gasteiger partial charge in [0.15, 0.2) is 0 Å². The predicted octanol–water partition coefficient (Wildman–Crippen LogP) is 3.75. The molecule has 2 aromatic rings. The molecule has 0 unspecified atom stereocenters. The van der Waals surface area contributed by atoms with Crippen molar-refractivity contribution >= 4 is 50.7 Å². The first-order chi connectivity index (χ1) is 6.59. The summed E-state index contributed by atoms with van der Waals surface area (Å²) in [7, 11) is 0. The fraction of sp³-hybridized carbons (Fsp3) is 0. The maximum absolute atomic E-state index is 10.6. The fourth-order valence-electron chi connectivity index (χ4n) is 1.16. The molecular formula is C8H4ClNO2S2. The molecule has 0 aliphatic heterocycles. The van der Waals surface area contributed by atoms with E-state index in [0.29, 0.717) is 5.39 Å². The Hall–Kier alpha value is -0.780. The second-order valence-corrected chi connectivity index (χ2v) is 4.58. The van der Waals surface area contributed by atoms with Crippen molar-refractivity contribution in [2.24, 2.45) is 0 Å². The second-order valence-electron chi connectivity index (χ2n) is 2.66. The zero-order chi connectivity index (χ0) is 10.3. The first-order valence-corrected chi connectivity index (χ1v) is 5.29. The molecule has 0 aliphatic rings. The van der Waals surface area contributed by atoms with Crippen LogP contribution in [0.3, 0.4) is 0 Å². The molecule has 2 rings (SSSR count). The molecule has 3 nitrogen and oxygen atoms in total. The monoisotopic (exact) mass is 245 g/mol. The van der Waals surface area contributed by atoms with Crippen LogP contribution in [0.15, 0.2) is 23.1 Å². The van der Waals surface area contributed by atoms with Crippen LogP contribution in [0.1, 0.15) is 0 Å². The molecule has 0 spiro atoms. The number of nitrogens with zero attached hydrogens (tertiary/aromatic N) is 1. The van der Waals surface area contributed by atoms with Gasteiger partial charge in [0.2, 0.25) is 0 Å². The van der Waals surface area contributed by atoms with Gasteiger partial charge < -0.3 is 0 Å². The quantitative estimate of drug-likeness (QED) is 0.472. The molecule has 0 amide bonds. The summed E-state index contributed by atoms with van der Waals surface area (Å²) in [6.07, 6.45) is 0. The summed E-state index contributed by atoms with van der Waals surface area (Å²) in [5.41, 5.74) is 0. The molecule has 1 aromatic carbocycles. The summed E-state index contributed by atoms with van der Waals surface area (Å²) in [6, 6.07) is 5.29. The van der Waals surface area contributed by atoms with Gasteiger partial charge in [-0.25, -0.2) is 0 Å². The van der Waals surface area contributed by atoms with E-state index in [2.05, 4.69) is 12.6 Å². The van der Waals surface area contributed by atoms with Gasteiger partial charge >= 0.3 is 5.00 Å². The van der Waals surface area contributed by atoms with E-state index in [0.717, 1.165) is 20.9 Å². The van der Waals surface area contributed by atoms with Gasteiger partial charge in [0, 0.05) is 15.0 Å². The van der Waals surface area contributed by atoms with Gasteiger partial charge in [0.25, 0.3) is 0 Å². The molecule has 0 saturated heterocycles. The van der Waals surface area contributed by atoms with Gasteiger partial charge in [0.05, 0.1) is 4.92 Å². The van der Waals surface area contributed by atoms with Crippen molar-refractivity contribution in [2.45, 2.75) is 4.90 Å². The number of hydrogen-bond acceptors (Lipinski definition) is 4. The molecule has 72 valence electrons. The van der Waals surface area contributed by atoms with E-state index in [4.69, 9.17) is 11.6 Å². The lowest BCUT2D eigenvalue weighted by atomic mass is 10.3. The summed E-state index contributed by atoms with van der Waals surface area (Å²) >= 11 is 11.1. The predicted molar refractivity (Wildman–Crippen MR) is 60.7 cm³/mol. The smallest absolute Gasteiger partial charge is 0.257 e. The molecule has 0 N–H and O–H groups in total. The van der Waals surface area contributed by atoms with E-state index >= 15 is 0 Å². The normalized spacial score (nSPS) is 10.7. The Labute approximate surface area is 93.9 Å². The Bertz CT molecular complexity index is 523. The third kappa shape index (κ3) is 1.47. The number of rotatable bonds is 1. The van der Waals surface area contributed by atoms with Crippen LogP contribution in [0.4, 0.5) is 5.00 Å². The highest BCUT2D eigenvalue weighted by atomic mass is 35.5. The average molecular weight is 246 g/mol. The van der Waals surface area contributed by atoms with E-state index < -0.39 is 4.92 Å². The highest BCUT2D eigenvalue weighted by Gasteiger charge is 2.19. The van der Waals surface area contributed by atoms with E-state index in [1.54, 1.807) is 18.2 Å². The third-order valence-corrected chi connectivity index (χ3v) is 3.66. The van der Waals surface area contributed by atoms with Crippen LogP contribution in [0.5, 0.6) is 0 Å². The molecule has 0 saturated carbocycles. The van der Waals surface area contributed by atoms with Gasteiger partial charge in [-0.2, -0.15) is 0 Å². The highest BCUT2D eigenvalue weighted by molar-refractivity contribution is 7.80. The lowest BCUT2D eigenvalue weighted by Gasteiger charge is -1.90. The van der Waals surface area contributed by atoms with E-state index in [1.807, 2.05) is 0 Å². The molecule has 1 aromatic heterocycles. The molecule has 0 radical (unpaired) electrons. The number of fused-ring (bicyclic) bond motifs is 1. The fourth-order valence-corrected chi connectivity index (χ4v) is 2.65. The average Bonchev–Trinajstić information content (AvgIpc) is 2.44. The van der Waals surface area contributed by atoms with Crippen LogP contribution in [-0.2, 0) is 0 Å². The minimum absolute atomic E-state index is 0.0133. The topological polar surface area (TPSA) is 43.1 Å². The van der Waals surface area contributed by atoms with Crippen molar-refractivity contribution in [1.29, 1.82) is 0 Å². The first-order valence-electron chi connectivity index (χ1n) is 3.65. The molecule has 6 heteroatoms. The Morgan fingerprint density at radius 3 is 2.86 bits per heavy atom. The summed E-state index contributed by atoms with van der Waals surface area (Å²) in [5, 5.41) is 11.5. The van der Waals surface area contributed by atoms with Crippen molar-refractivity contribution in [1.82, 2.24) is 0 Å². The lowest BCUT2D eigenvalue weighted by Crippen LogP contribution is -1.82. The summed E-state index contributed by atoms with van der Waals surface area (Å²) in [6.45, 7) is 0. The van der Waals surface area contributed by atoms with Crippen LogP contribution in [0.25, 0.3) is 10.1 Å². The SMILES string of the molecule is O=[N+]([O-])c1sc2ccc(S)cc2c1Cl. The maximum atomic E-state index is 10.6. The zero-order valence-electron chi connectivity index (χ0n) is 6.73. The molecule has 0 aliphatic carbocycles. The van der Waals surface area contributed by atoms with Crippen molar-refractivity contribution in [2.75, 3.05) is 0 Å². The van der Waals surface area contributed by atoms with Crippen LogP contribution in [0.2, 0.25) is 5.02 Å². The Morgan fingerprint density at radius 1 is 1.50 bits per heavy atom. The van der Waals surface area contributed by atoms with Crippen molar-refractivity contribution in [3.8, 4) is 0 Å². The molecular weight excluding hydrogens is 242 g/mol. The summed E-state index contributed by atoms with van der Waals surface area (Å²) in [5.74, 6) is 0. The molecule has 0 atom stereocenters. The van der Waals surface area contributed by atoms with Crippen LogP contribution in [-0.4, -0.2) is 4.92 Å². The lowest BCUT2D eigenvalue weighted by molar-refractivity contribution is -0.379. The van der Waals surface area contributed by atoms with Gasteiger partial charge in [-0.3, -0.25) is 10.1 Å². The van der Waals surface area contributed by atoms with Crippen molar-refractivity contribution in [3.05, 3.63) is 33.3 Å². The maximum Gasteiger partial charge on any atom is 0.343 e.